The molecule has 0 atom stereocenters. The molecule has 0 aromatic rings. The Morgan fingerprint density at radius 2 is 2.25 bits per heavy atom. The zero-order valence-corrected chi connectivity index (χ0v) is 7.51. The summed E-state index contributed by atoms with van der Waals surface area (Å²) < 4.78 is 0. The molecule has 64 valence electrons. The zero-order chi connectivity index (χ0) is 8.39. The first kappa shape index (κ1) is 7.71. The van der Waals surface area contributed by atoms with Crippen molar-refractivity contribution in [1.82, 2.24) is 0 Å². The molecular weight excluding hydrogens is 148 g/mol. The molecule has 0 unspecified atom stereocenters. The van der Waals surface area contributed by atoms with Crippen LogP contribution in [-0.2, 0) is 0 Å². The highest BCUT2D eigenvalue weighted by atomic mass is 14.8. The largest absolute Gasteiger partial charge is 0.293 e. The van der Waals surface area contributed by atoms with Crippen molar-refractivity contribution in [3.63, 3.8) is 0 Å². The van der Waals surface area contributed by atoms with Gasteiger partial charge >= 0.3 is 0 Å². The van der Waals surface area contributed by atoms with E-state index >= 15 is 0 Å². The molecule has 0 aliphatic carbocycles. The first-order chi connectivity index (χ1) is 5.92. The molecule has 2 aliphatic rings. The third kappa shape index (κ3) is 1.22. The van der Waals surface area contributed by atoms with Crippen molar-refractivity contribution in [2.75, 3.05) is 13.1 Å². The van der Waals surface area contributed by atoms with E-state index in [4.69, 9.17) is 0 Å². The van der Waals surface area contributed by atoms with Gasteiger partial charge in [-0.3, -0.25) is 9.98 Å². The van der Waals surface area contributed by atoms with Gasteiger partial charge in [0.2, 0.25) is 0 Å². The number of nitrogens with zero attached hydrogens (tertiary/aromatic N) is 2. The van der Waals surface area contributed by atoms with Crippen molar-refractivity contribution >= 4 is 11.9 Å². The summed E-state index contributed by atoms with van der Waals surface area (Å²) in [6.07, 6.45) is 5.33. The van der Waals surface area contributed by atoms with Crippen LogP contribution in [0.1, 0.15) is 26.2 Å². The first-order valence-electron chi connectivity index (χ1n) is 4.67. The van der Waals surface area contributed by atoms with Gasteiger partial charge in [0, 0.05) is 25.0 Å². The highest BCUT2D eigenvalue weighted by Gasteiger charge is 2.16. The van der Waals surface area contributed by atoms with Crippen molar-refractivity contribution in [2.24, 2.45) is 9.98 Å². The van der Waals surface area contributed by atoms with E-state index in [2.05, 4.69) is 16.9 Å². The number of hydrogen-bond donors (Lipinski definition) is 0. The quantitative estimate of drug-likeness (QED) is 0.563. The minimum atomic E-state index is 0.956. The van der Waals surface area contributed by atoms with Crippen molar-refractivity contribution in [2.45, 2.75) is 26.2 Å². The Labute approximate surface area is 73.1 Å². The van der Waals surface area contributed by atoms with Crippen molar-refractivity contribution in [3.05, 3.63) is 11.1 Å². The molecule has 0 saturated carbocycles. The van der Waals surface area contributed by atoms with Crippen LogP contribution in [0.3, 0.4) is 0 Å². The SMILES string of the molecule is CCC1=NCCC2=C1CCN=C2. The lowest BCUT2D eigenvalue weighted by Crippen LogP contribution is -2.16. The summed E-state index contributed by atoms with van der Waals surface area (Å²) in [6, 6.07) is 0. The van der Waals surface area contributed by atoms with Crippen molar-refractivity contribution < 1.29 is 0 Å². The number of hydrogen-bond acceptors (Lipinski definition) is 2. The minimum absolute atomic E-state index is 0.956. The maximum Gasteiger partial charge on any atom is 0.0433 e. The van der Waals surface area contributed by atoms with Gasteiger partial charge in [-0.15, -0.1) is 0 Å². The van der Waals surface area contributed by atoms with Gasteiger partial charge in [0.25, 0.3) is 0 Å². The molecule has 0 aromatic carbocycles. The molecule has 2 aliphatic heterocycles. The summed E-state index contributed by atoms with van der Waals surface area (Å²) in [5.41, 5.74) is 4.24. The lowest BCUT2D eigenvalue weighted by Gasteiger charge is -2.20. The Morgan fingerprint density at radius 1 is 1.33 bits per heavy atom. The van der Waals surface area contributed by atoms with Crippen LogP contribution in [0.15, 0.2) is 21.1 Å². The third-order valence-corrected chi connectivity index (χ3v) is 2.49. The highest BCUT2D eigenvalue weighted by molar-refractivity contribution is 6.06. The molecule has 0 amide bonds. The topological polar surface area (TPSA) is 24.7 Å². The number of rotatable bonds is 1. The molecule has 0 spiro atoms. The Hall–Kier alpha value is -0.920. The molecule has 2 rings (SSSR count). The van der Waals surface area contributed by atoms with Crippen molar-refractivity contribution in [3.8, 4) is 0 Å². The first-order valence-corrected chi connectivity index (χ1v) is 4.67. The van der Waals surface area contributed by atoms with E-state index in [0.29, 0.717) is 0 Å². The van der Waals surface area contributed by atoms with Gasteiger partial charge in [-0.1, -0.05) is 6.92 Å². The Kier molecular flexibility index (Phi) is 2.07. The van der Waals surface area contributed by atoms with Crippen molar-refractivity contribution in [1.29, 1.82) is 0 Å². The third-order valence-electron chi connectivity index (χ3n) is 2.49. The van der Waals surface area contributed by atoms with Crippen LogP contribution in [0, 0.1) is 0 Å². The normalized spacial score (nSPS) is 22.2. The molecule has 0 radical (unpaired) electrons. The molecule has 2 nitrogen and oxygen atoms in total. The molecule has 12 heavy (non-hydrogen) atoms. The maximum absolute atomic E-state index is 4.53. The predicted octanol–water partition coefficient (Wildman–Crippen LogP) is 2.01. The maximum atomic E-state index is 4.53. The summed E-state index contributed by atoms with van der Waals surface area (Å²) in [6.45, 7) is 4.10. The van der Waals surface area contributed by atoms with E-state index in [1.54, 1.807) is 0 Å². The van der Waals surface area contributed by atoms with Gasteiger partial charge in [-0.25, -0.2) is 0 Å². The molecule has 0 bridgehead atoms. The van der Waals surface area contributed by atoms with Crippen LogP contribution in [-0.4, -0.2) is 25.0 Å². The summed E-state index contributed by atoms with van der Waals surface area (Å²) >= 11 is 0. The second-order valence-corrected chi connectivity index (χ2v) is 3.22. The predicted molar refractivity (Wildman–Crippen MR) is 52.2 cm³/mol. The molecule has 2 heterocycles. The molecule has 0 saturated heterocycles. The van der Waals surface area contributed by atoms with Gasteiger partial charge in [0.15, 0.2) is 0 Å². The summed E-state index contributed by atoms with van der Waals surface area (Å²) in [4.78, 5) is 8.82. The van der Waals surface area contributed by atoms with E-state index < -0.39 is 0 Å². The highest BCUT2D eigenvalue weighted by Crippen LogP contribution is 2.22. The van der Waals surface area contributed by atoms with E-state index in [9.17, 15) is 0 Å². The minimum Gasteiger partial charge on any atom is -0.293 e. The van der Waals surface area contributed by atoms with Gasteiger partial charge < -0.3 is 0 Å². The Morgan fingerprint density at radius 3 is 3.08 bits per heavy atom. The summed E-state index contributed by atoms with van der Waals surface area (Å²) in [7, 11) is 0. The number of aliphatic imine (C=N–C) groups is 2. The average molecular weight is 162 g/mol. The fourth-order valence-corrected chi connectivity index (χ4v) is 1.87. The lowest BCUT2D eigenvalue weighted by molar-refractivity contribution is 0.873. The van der Waals surface area contributed by atoms with Crippen LogP contribution < -0.4 is 0 Å². The van der Waals surface area contributed by atoms with Gasteiger partial charge in [-0.2, -0.15) is 0 Å². The number of dihydropyridines is 2. The van der Waals surface area contributed by atoms with Crippen LogP contribution in [0.25, 0.3) is 0 Å². The van der Waals surface area contributed by atoms with Crippen LogP contribution in [0.5, 0.6) is 0 Å². The smallest absolute Gasteiger partial charge is 0.0433 e. The average Bonchev–Trinajstić information content (AvgIpc) is 2.17. The van der Waals surface area contributed by atoms with E-state index in [0.717, 1.165) is 32.4 Å². The molecule has 2 heteroatoms. The second-order valence-electron chi connectivity index (χ2n) is 3.22. The summed E-state index contributed by atoms with van der Waals surface area (Å²) in [5.74, 6) is 0. The fourth-order valence-electron chi connectivity index (χ4n) is 1.87. The van der Waals surface area contributed by atoms with E-state index in [1.165, 1.54) is 16.9 Å². The van der Waals surface area contributed by atoms with Gasteiger partial charge in [0.1, 0.15) is 0 Å². The van der Waals surface area contributed by atoms with Gasteiger partial charge in [0.05, 0.1) is 0 Å². The van der Waals surface area contributed by atoms with Crippen LogP contribution in [0.4, 0.5) is 0 Å². The monoisotopic (exact) mass is 162 g/mol. The molecular formula is C10H14N2. The summed E-state index contributed by atoms with van der Waals surface area (Å²) in [5, 5.41) is 0. The molecule has 0 aromatic heterocycles. The Bertz CT molecular complexity index is 272. The lowest BCUT2D eigenvalue weighted by atomic mass is 9.93. The molecule has 0 fully saturated rings. The van der Waals surface area contributed by atoms with Crippen LogP contribution >= 0.6 is 0 Å². The second kappa shape index (κ2) is 3.21. The molecule has 0 N–H and O–H groups in total. The zero-order valence-electron chi connectivity index (χ0n) is 7.51. The van der Waals surface area contributed by atoms with Crippen LogP contribution in [0.2, 0.25) is 0 Å². The standard InChI is InChI=1S/C10H14N2/c1-2-10-9-4-5-11-7-8(9)3-6-12-10/h7H,2-6H2,1H3. The Balaban J connectivity index is 2.33. The van der Waals surface area contributed by atoms with Gasteiger partial charge in [-0.05, 0) is 30.4 Å². The fraction of sp³-hybridized carbons (Fsp3) is 0.600. The van der Waals surface area contributed by atoms with E-state index in [1.807, 2.05) is 6.21 Å². The van der Waals surface area contributed by atoms with E-state index in [-0.39, 0.29) is 0 Å².